The number of anilines is 2. The molecule has 0 saturated carbocycles. The van der Waals surface area contributed by atoms with Gasteiger partial charge in [0.05, 0.1) is 22.4 Å². The van der Waals surface area contributed by atoms with Crippen LogP contribution in [0, 0.1) is 0 Å². The molecule has 1 aliphatic rings. The van der Waals surface area contributed by atoms with E-state index in [9.17, 15) is 36.7 Å². The van der Waals surface area contributed by atoms with Gasteiger partial charge >= 0.3 is 6.03 Å². The van der Waals surface area contributed by atoms with Crippen LogP contribution in [0.2, 0.25) is 4.34 Å². The summed E-state index contributed by atoms with van der Waals surface area (Å²) in [5.41, 5.74) is -0.742. The molecule has 3 rings (SSSR count). The third-order valence-corrected chi connectivity index (χ3v) is 6.36. The van der Waals surface area contributed by atoms with Crippen molar-refractivity contribution in [1.29, 1.82) is 0 Å². The maximum Gasteiger partial charge on any atom is 0.315 e. The maximum absolute atomic E-state index is 13.9. The molecule has 4 N–H and O–H groups in total. The number of nitrogens with zero attached hydrogens (tertiary/aromatic N) is 1. The van der Waals surface area contributed by atoms with Crippen LogP contribution < -0.4 is 26.2 Å². The lowest BCUT2D eigenvalue weighted by atomic mass is 10.1. The van der Waals surface area contributed by atoms with Crippen molar-refractivity contribution in [2.75, 3.05) is 43.1 Å². The van der Waals surface area contributed by atoms with E-state index in [0.29, 0.717) is 4.34 Å². The Hall–Kier alpha value is -3.43. The summed E-state index contributed by atoms with van der Waals surface area (Å²) in [6.45, 7) is -1.34. The lowest BCUT2D eigenvalue weighted by Crippen LogP contribution is -2.53. The molecule has 0 unspecified atom stereocenters. The number of carbonyl (C=O) groups is 4. The van der Waals surface area contributed by atoms with Crippen LogP contribution in [0.15, 0.2) is 30.3 Å². The first-order chi connectivity index (χ1) is 18.0. The smallest absolute Gasteiger partial charge is 0.315 e. The van der Waals surface area contributed by atoms with Crippen molar-refractivity contribution >= 4 is 58.1 Å². The molecule has 0 radical (unpaired) electrons. The molecule has 0 aliphatic carbocycles. The minimum atomic E-state index is -3.05. The fourth-order valence-electron chi connectivity index (χ4n) is 3.33. The number of morpholine rings is 1. The van der Waals surface area contributed by atoms with Gasteiger partial charge in [-0.3, -0.25) is 14.4 Å². The zero-order chi connectivity index (χ0) is 27.8. The Kier molecular flexibility index (Phi) is 10.3. The largest absolute Gasteiger partial charge is 0.370 e. The van der Waals surface area contributed by atoms with Gasteiger partial charge in [0.25, 0.3) is 24.7 Å². The van der Waals surface area contributed by atoms with Crippen LogP contribution in [0.5, 0.6) is 0 Å². The summed E-state index contributed by atoms with van der Waals surface area (Å²) in [5.74, 6) is -2.07. The molecule has 2 heterocycles. The van der Waals surface area contributed by atoms with Gasteiger partial charge < -0.3 is 30.9 Å². The molecule has 1 aromatic carbocycles. The monoisotopic (exact) mass is 579 g/mol. The Morgan fingerprint density at radius 2 is 1.84 bits per heavy atom. The first-order valence-electron chi connectivity index (χ1n) is 11.0. The molecule has 2 aromatic rings. The van der Waals surface area contributed by atoms with Gasteiger partial charge in [-0.2, -0.15) is 0 Å². The van der Waals surface area contributed by atoms with Crippen molar-refractivity contribution in [2.45, 2.75) is 18.9 Å². The summed E-state index contributed by atoms with van der Waals surface area (Å²) in [6, 6.07) is 3.77. The van der Waals surface area contributed by atoms with Crippen LogP contribution in [0.3, 0.4) is 0 Å². The number of ether oxygens (including phenoxy) is 1. The molecule has 1 aliphatic heterocycles. The zero-order valence-electron chi connectivity index (χ0n) is 19.4. The van der Waals surface area contributed by atoms with Crippen molar-refractivity contribution in [3.63, 3.8) is 0 Å². The second-order valence-electron chi connectivity index (χ2n) is 7.77. The number of halogens is 5. The molecule has 1 fully saturated rings. The van der Waals surface area contributed by atoms with Crippen molar-refractivity contribution in [3.05, 3.63) is 45.1 Å². The van der Waals surface area contributed by atoms with Gasteiger partial charge in [-0.25, -0.2) is 22.4 Å². The number of rotatable bonds is 10. The highest BCUT2D eigenvalue weighted by Gasteiger charge is 2.27. The van der Waals surface area contributed by atoms with Crippen LogP contribution in [-0.4, -0.2) is 69.1 Å². The third-order valence-electron chi connectivity index (χ3n) is 5.13. The van der Waals surface area contributed by atoms with E-state index in [1.807, 2.05) is 5.32 Å². The first kappa shape index (κ1) is 29.1. The normalized spacial score (nSPS) is 14.4. The molecule has 16 heteroatoms. The van der Waals surface area contributed by atoms with E-state index in [1.165, 1.54) is 23.1 Å². The Labute approximate surface area is 222 Å². The predicted octanol–water partition coefficient (Wildman–Crippen LogP) is 3.00. The van der Waals surface area contributed by atoms with Gasteiger partial charge in [0.2, 0.25) is 5.91 Å². The van der Waals surface area contributed by atoms with Gasteiger partial charge in [-0.05, 0) is 30.3 Å². The highest BCUT2D eigenvalue weighted by Crippen LogP contribution is 2.32. The van der Waals surface area contributed by atoms with Crippen LogP contribution in [0.25, 0.3) is 0 Å². The highest BCUT2D eigenvalue weighted by molar-refractivity contribution is 7.18. The molecule has 0 bridgehead atoms. The van der Waals surface area contributed by atoms with Crippen LogP contribution in [0.1, 0.15) is 21.7 Å². The molecule has 1 atom stereocenters. The minimum absolute atomic E-state index is 0.155. The summed E-state index contributed by atoms with van der Waals surface area (Å²) in [6.07, 6.45) is -5.91. The molecule has 0 spiro atoms. The number of alkyl halides is 4. The summed E-state index contributed by atoms with van der Waals surface area (Å²) < 4.78 is 58.0. The molecule has 206 valence electrons. The fourth-order valence-corrected chi connectivity index (χ4v) is 4.29. The van der Waals surface area contributed by atoms with Crippen molar-refractivity contribution in [2.24, 2.45) is 0 Å². The fraction of sp³-hybridized carbons (Fsp3) is 0.364. The quantitative estimate of drug-likeness (QED) is 0.322. The van der Waals surface area contributed by atoms with E-state index in [1.54, 1.807) is 0 Å². The summed E-state index contributed by atoms with van der Waals surface area (Å²) in [4.78, 5) is 50.9. The zero-order valence-corrected chi connectivity index (χ0v) is 21.0. The van der Waals surface area contributed by atoms with Crippen molar-refractivity contribution in [1.82, 2.24) is 16.0 Å². The molecular weight excluding hydrogens is 558 g/mol. The summed E-state index contributed by atoms with van der Waals surface area (Å²) >= 11 is 6.76. The van der Waals surface area contributed by atoms with Gasteiger partial charge in [0.1, 0.15) is 12.6 Å². The SMILES string of the molecule is O=C(NCC(F)F)N[C@@H](CNC(=O)c1ccc(Cl)s1)C(=O)Nc1ccc(N2CCOCC2=O)cc1C(F)F. The van der Waals surface area contributed by atoms with Gasteiger partial charge in [-0.15, -0.1) is 11.3 Å². The number of hydrogen-bond donors (Lipinski definition) is 4. The standard InChI is InChI=1S/C22H22ClF4N5O5S/c23-16-4-3-15(38-16)21(35)28-8-14(31-22(36)29-9-17(24)25)20(34)30-13-2-1-11(7-12(13)19(26)27)32-5-6-37-10-18(32)33/h1-4,7,14,17,19H,5-6,8-10H2,(H,28,35)(H,30,34)(H2,29,31,36)/t14-/m0/s1. The molecule has 1 saturated heterocycles. The Morgan fingerprint density at radius 3 is 2.47 bits per heavy atom. The van der Waals surface area contributed by atoms with E-state index < -0.39 is 61.3 Å². The average molecular weight is 580 g/mol. The molecular formula is C22H22ClF4N5O5S. The number of carbonyl (C=O) groups excluding carboxylic acids is 4. The third kappa shape index (κ3) is 8.03. The molecule has 1 aromatic heterocycles. The Morgan fingerprint density at radius 1 is 1.08 bits per heavy atom. The summed E-state index contributed by atoms with van der Waals surface area (Å²) in [7, 11) is 0. The first-order valence-corrected chi connectivity index (χ1v) is 12.2. The number of benzene rings is 1. The lowest BCUT2D eigenvalue weighted by Gasteiger charge is -2.28. The lowest BCUT2D eigenvalue weighted by molar-refractivity contribution is -0.125. The topological polar surface area (TPSA) is 129 Å². The predicted molar refractivity (Wildman–Crippen MR) is 131 cm³/mol. The van der Waals surface area contributed by atoms with Crippen LogP contribution in [0.4, 0.5) is 33.7 Å². The van der Waals surface area contributed by atoms with Gasteiger partial charge in [-0.1, -0.05) is 11.6 Å². The minimum Gasteiger partial charge on any atom is -0.370 e. The van der Waals surface area contributed by atoms with Gasteiger partial charge in [0, 0.05) is 30.0 Å². The number of nitrogens with one attached hydrogen (secondary N) is 4. The number of hydrogen-bond acceptors (Lipinski definition) is 6. The molecule has 10 nitrogen and oxygen atoms in total. The number of urea groups is 1. The second-order valence-corrected chi connectivity index (χ2v) is 9.49. The van der Waals surface area contributed by atoms with Crippen LogP contribution in [-0.2, 0) is 14.3 Å². The number of amides is 5. The van der Waals surface area contributed by atoms with E-state index in [0.717, 1.165) is 23.5 Å². The Balaban J connectivity index is 1.77. The molecule has 5 amide bonds. The average Bonchev–Trinajstić information content (AvgIpc) is 3.31. The van der Waals surface area contributed by atoms with Crippen LogP contribution >= 0.6 is 22.9 Å². The van der Waals surface area contributed by atoms with Gasteiger partial charge in [0.15, 0.2) is 0 Å². The highest BCUT2D eigenvalue weighted by atomic mass is 35.5. The summed E-state index contributed by atoms with van der Waals surface area (Å²) in [5, 5.41) is 8.66. The van der Waals surface area contributed by atoms with E-state index in [-0.39, 0.29) is 36.0 Å². The molecule has 38 heavy (non-hydrogen) atoms. The number of thiophene rings is 1. The maximum atomic E-state index is 13.9. The van der Waals surface area contributed by atoms with Crippen molar-refractivity contribution in [3.8, 4) is 0 Å². The second kappa shape index (κ2) is 13.4. The van der Waals surface area contributed by atoms with Crippen molar-refractivity contribution < 1.29 is 41.5 Å². The van der Waals surface area contributed by atoms with E-state index in [4.69, 9.17) is 16.3 Å². The Bertz CT molecular complexity index is 1180. The van der Waals surface area contributed by atoms with E-state index >= 15 is 0 Å². The van der Waals surface area contributed by atoms with E-state index in [2.05, 4.69) is 16.0 Å².